The maximum atomic E-state index is 11.6. The van der Waals surface area contributed by atoms with Crippen LogP contribution in [0.1, 0.15) is 116 Å². The van der Waals surface area contributed by atoms with Gasteiger partial charge in [0.25, 0.3) is 0 Å². The molecule has 10 heteroatoms. The summed E-state index contributed by atoms with van der Waals surface area (Å²) in [5.74, 6) is -4.15. The van der Waals surface area contributed by atoms with Crippen molar-refractivity contribution in [2.24, 2.45) is 0 Å². The van der Waals surface area contributed by atoms with Gasteiger partial charge in [-0.2, -0.15) is 0 Å². The maximum Gasteiger partial charge on any atom is 0.313 e. The molecular formula is C24H38O10. The van der Waals surface area contributed by atoms with Crippen LogP contribution in [0.25, 0.3) is 0 Å². The van der Waals surface area contributed by atoms with Crippen LogP contribution in [-0.4, -0.2) is 46.0 Å². The molecule has 2 N–H and O–H groups in total. The zero-order chi connectivity index (χ0) is 25.6. The molecular weight excluding hydrogens is 448 g/mol. The standard InChI is InChI=1S/C24H38O10/c25-19(26)13-9-11-17-23(31)33-21(29)15-7-5-3-1-2-4-6-8-16-22(30)34-24(32)18-12-10-14-20(27)28/h1-18H2,(H,25,26)(H,27,28). The minimum atomic E-state index is -0.915. The van der Waals surface area contributed by atoms with Gasteiger partial charge >= 0.3 is 35.8 Å². The molecule has 0 aromatic rings. The van der Waals surface area contributed by atoms with Crippen molar-refractivity contribution >= 4 is 35.8 Å². The van der Waals surface area contributed by atoms with Crippen LogP contribution in [0.5, 0.6) is 0 Å². The van der Waals surface area contributed by atoms with Gasteiger partial charge in [-0.15, -0.1) is 0 Å². The van der Waals surface area contributed by atoms with Crippen LogP contribution in [0.3, 0.4) is 0 Å². The summed E-state index contributed by atoms with van der Waals surface area (Å²) in [6.07, 6.45) is 8.83. The first-order valence-corrected chi connectivity index (χ1v) is 12.1. The topological polar surface area (TPSA) is 161 Å². The minimum Gasteiger partial charge on any atom is -0.481 e. The van der Waals surface area contributed by atoms with E-state index in [1.807, 2.05) is 0 Å². The van der Waals surface area contributed by atoms with Gasteiger partial charge in [0.15, 0.2) is 0 Å². The molecule has 0 aromatic carbocycles. The van der Waals surface area contributed by atoms with Crippen LogP contribution in [0.2, 0.25) is 0 Å². The van der Waals surface area contributed by atoms with Gasteiger partial charge in [-0.3, -0.25) is 28.8 Å². The molecule has 0 bridgehead atoms. The number of carbonyl (C=O) groups excluding carboxylic acids is 4. The van der Waals surface area contributed by atoms with Crippen LogP contribution < -0.4 is 0 Å². The van der Waals surface area contributed by atoms with Crippen LogP contribution in [0, 0.1) is 0 Å². The molecule has 34 heavy (non-hydrogen) atoms. The van der Waals surface area contributed by atoms with E-state index in [0.29, 0.717) is 38.5 Å². The summed E-state index contributed by atoms with van der Waals surface area (Å²) in [6.45, 7) is 0. The van der Waals surface area contributed by atoms with Crippen molar-refractivity contribution in [2.75, 3.05) is 0 Å². The molecule has 0 spiro atoms. The van der Waals surface area contributed by atoms with Crippen molar-refractivity contribution in [3.8, 4) is 0 Å². The van der Waals surface area contributed by atoms with Gasteiger partial charge in [0.05, 0.1) is 0 Å². The van der Waals surface area contributed by atoms with Gasteiger partial charge < -0.3 is 19.7 Å². The SMILES string of the molecule is O=C(O)CCCCC(=O)OC(=O)CCCCCCCCCCC(=O)OC(=O)CCCCC(=O)O. The van der Waals surface area contributed by atoms with Gasteiger partial charge in [0.1, 0.15) is 0 Å². The van der Waals surface area contributed by atoms with Crippen molar-refractivity contribution in [3.63, 3.8) is 0 Å². The molecule has 0 radical (unpaired) electrons. The van der Waals surface area contributed by atoms with Gasteiger partial charge in [-0.05, 0) is 38.5 Å². The molecule has 0 aliphatic heterocycles. The molecule has 0 atom stereocenters. The molecule has 0 saturated heterocycles. The highest BCUT2D eigenvalue weighted by molar-refractivity contribution is 5.85. The first-order chi connectivity index (χ1) is 16.2. The van der Waals surface area contributed by atoms with E-state index in [4.69, 9.17) is 19.7 Å². The van der Waals surface area contributed by atoms with Crippen molar-refractivity contribution in [3.05, 3.63) is 0 Å². The Hall–Kier alpha value is -2.78. The number of esters is 4. The molecule has 194 valence electrons. The fraction of sp³-hybridized carbons (Fsp3) is 0.750. The average molecular weight is 487 g/mol. The Kier molecular flexibility index (Phi) is 19.1. The van der Waals surface area contributed by atoms with Gasteiger partial charge in [-0.1, -0.05) is 38.5 Å². The first kappa shape index (κ1) is 31.2. The number of aliphatic carboxylic acids is 2. The maximum absolute atomic E-state index is 11.6. The van der Waals surface area contributed by atoms with E-state index in [-0.39, 0.29) is 38.5 Å². The Balaban J connectivity index is 3.49. The summed E-state index contributed by atoms with van der Waals surface area (Å²) in [6, 6.07) is 0. The molecule has 0 aliphatic rings. The molecule has 0 saturated carbocycles. The van der Waals surface area contributed by atoms with Gasteiger partial charge in [-0.25, -0.2) is 0 Å². The van der Waals surface area contributed by atoms with E-state index < -0.39 is 35.8 Å². The van der Waals surface area contributed by atoms with Crippen molar-refractivity contribution < 1.29 is 48.5 Å². The normalized spacial score (nSPS) is 10.5. The third-order valence-electron chi connectivity index (χ3n) is 5.01. The minimum absolute atomic E-state index is 0.00635. The molecule has 0 unspecified atom stereocenters. The number of ether oxygens (including phenoxy) is 2. The fourth-order valence-electron chi connectivity index (χ4n) is 3.15. The number of carbonyl (C=O) groups is 6. The van der Waals surface area contributed by atoms with Crippen molar-refractivity contribution in [2.45, 2.75) is 116 Å². The lowest BCUT2D eigenvalue weighted by atomic mass is 10.1. The molecule has 10 nitrogen and oxygen atoms in total. The van der Waals surface area contributed by atoms with Crippen LogP contribution in [-0.2, 0) is 38.2 Å². The largest absolute Gasteiger partial charge is 0.481 e. The average Bonchev–Trinajstić information content (AvgIpc) is 2.75. The van der Waals surface area contributed by atoms with Crippen molar-refractivity contribution in [1.82, 2.24) is 0 Å². The van der Waals surface area contributed by atoms with E-state index in [2.05, 4.69) is 0 Å². The van der Waals surface area contributed by atoms with Gasteiger partial charge in [0.2, 0.25) is 0 Å². The predicted molar refractivity (Wildman–Crippen MR) is 121 cm³/mol. The number of unbranched alkanes of at least 4 members (excludes halogenated alkanes) is 9. The highest BCUT2D eigenvalue weighted by atomic mass is 16.6. The molecule has 0 fully saturated rings. The van der Waals surface area contributed by atoms with Crippen LogP contribution in [0.15, 0.2) is 0 Å². The molecule has 0 amide bonds. The first-order valence-electron chi connectivity index (χ1n) is 12.1. The number of hydrogen-bond donors (Lipinski definition) is 2. The third-order valence-corrected chi connectivity index (χ3v) is 5.01. The summed E-state index contributed by atoms with van der Waals surface area (Å²) in [4.78, 5) is 66.9. The molecule has 0 aliphatic carbocycles. The second-order valence-electron chi connectivity index (χ2n) is 8.22. The Bertz CT molecular complexity index is 600. The summed E-state index contributed by atoms with van der Waals surface area (Å²) in [5.41, 5.74) is 0. The summed E-state index contributed by atoms with van der Waals surface area (Å²) < 4.78 is 9.40. The van der Waals surface area contributed by atoms with E-state index >= 15 is 0 Å². The zero-order valence-electron chi connectivity index (χ0n) is 19.9. The highest BCUT2D eigenvalue weighted by Crippen LogP contribution is 2.12. The van der Waals surface area contributed by atoms with Crippen LogP contribution >= 0.6 is 0 Å². The van der Waals surface area contributed by atoms with Crippen LogP contribution in [0.4, 0.5) is 0 Å². The Morgan fingerprint density at radius 2 is 0.559 bits per heavy atom. The monoisotopic (exact) mass is 486 g/mol. The number of carboxylic acids is 2. The third kappa shape index (κ3) is 22.4. The number of hydrogen-bond acceptors (Lipinski definition) is 8. The second kappa shape index (κ2) is 20.8. The lowest BCUT2D eigenvalue weighted by Gasteiger charge is -2.04. The lowest BCUT2D eigenvalue weighted by molar-refractivity contribution is -0.161. The number of carboxylic acid groups (broad SMARTS) is 2. The fourth-order valence-corrected chi connectivity index (χ4v) is 3.15. The van der Waals surface area contributed by atoms with E-state index in [1.165, 1.54) is 0 Å². The van der Waals surface area contributed by atoms with E-state index in [0.717, 1.165) is 38.5 Å². The molecule has 0 heterocycles. The molecule has 0 aromatic heterocycles. The Morgan fingerprint density at radius 3 is 0.824 bits per heavy atom. The zero-order valence-corrected chi connectivity index (χ0v) is 19.9. The summed E-state index contributed by atoms with van der Waals surface area (Å²) in [5, 5.41) is 17.0. The predicted octanol–water partition coefficient (Wildman–Crippen LogP) is 4.32. The quantitative estimate of drug-likeness (QED) is 0.136. The van der Waals surface area contributed by atoms with Gasteiger partial charge in [0, 0.05) is 38.5 Å². The van der Waals surface area contributed by atoms with E-state index in [9.17, 15) is 28.8 Å². The Morgan fingerprint density at radius 1 is 0.353 bits per heavy atom. The van der Waals surface area contributed by atoms with E-state index in [1.54, 1.807) is 0 Å². The molecule has 0 rings (SSSR count). The summed E-state index contributed by atoms with van der Waals surface area (Å²) in [7, 11) is 0. The second-order valence-corrected chi connectivity index (χ2v) is 8.22. The Labute approximate surface area is 200 Å². The van der Waals surface area contributed by atoms with Crippen molar-refractivity contribution in [1.29, 1.82) is 0 Å². The summed E-state index contributed by atoms with van der Waals surface area (Å²) >= 11 is 0. The smallest absolute Gasteiger partial charge is 0.313 e. The lowest BCUT2D eigenvalue weighted by Crippen LogP contribution is -2.12. The highest BCUT2D eigenvalue weighted by Gasteiger charge is 2.11. The number of rotatable bonds is 21.